The third-order valence-electron chi connectivity index (χ3n) is 8.43. The van der Waals surface area contributed by atoms with E-state index in [-0.39, 0.29) is 23.2 Å². The lowest BCUT2D eigenvalue weighted by Crippen LogP contribution is -2.44. The van der Waals surface area contributed by atoms with Crippen molar-refractivity contribution < 1.29 is 19.7 Å². The lowest BCUT2D eigenvalue weighted by molar-refractivity contribution is -0.134. The molecule has 0 spiro atoms. The summed E-state index contributed by atoms with van der Waals surface area (Å²) in [7, 11) is 0. The molecular weight excluding hydrogens is 376 g/mol. The van der Waals surface area contributed by atoms with Gasteiger partial charge in [0.15, 0.2) is 0 Å². The zero-order valence-corrected chi connectivity index (χ0v) is 18.7. The molecule has 0 radical (unpaired) electrons. The largest absolute Gasteiger partial charge is 0.508 e. The van der Waals surface area contributed by atoms with E-state index in [1.54, 1.807) is 6.07 Å². The molecule has 4 rings (SSSR count). The summed E-state index contributed by atoms with van der Waals surface area (Å²) in [4.78, 5) is 12.5. The number of aromatic hydroxyl groups is 1. The molecule has 0 saturated heterocycles. The quantitative estimate of drug-likeness (QED) is 0.332. The Morgan fingerprint density at radius 2 is 1.93 bits per heavy atom. The van der Waals surface area contributed by atoms with E-state index in [1.807, 2.05) is 6.07 Å². The third kappa shape index (κ3) is 4.00. The molecule has 5 atom stereocenters. The van der Waals surface area contributed by atoms with Crippen LogP contribution in [0.15, 0.2) is 12.1 Å². The van der Waals surface area contributed by atoms with Gasteiger partial charge in [0.2, 0.25) is 0 Å². The Morgan fingerprint density at radius 1 is 1.13 bits per heavy atom. The summed E-state index contributed by atoms with van der Waals surface area (Å²) in [6.07, 6.45) is 11.8. The van der Waals surface area contributed by atoms with Gasteiger partial charge >= 0.3 is 5.97 Å². The summed E-state index contributed by atoms with van der Waals surface area (Å²) in [6, 6.07) is 3.51. The minimum absolute atomic E-state index is 0.0327. The average molecular weight is 415 g/mol. The number of benzene rings is 1. The standard InChI is InChI=1S/C26H38O4/c1-3-4-5-6-7-8-24(29)30-22-16-18(27)15-17-9-10-19-20(25(17)22)13-14-26(2)21(19)11-12-23(26)28/h15-16,19-21,23,27-28H,3-14H2,1-2H3/t19-,20+,21+,23-,26+/m1/s1. The van der Waals surface area contributed by atoms with E-state index in [4.69, 9.17) is 4.74 Å². The number of unbranched alkanes of at least 4 members (excludes halogenated alkanes) is 4. The molecule has 0 bridgehead atoms. The van der Waals surface area contributed by atoms with Crippen molar-refractivity contribution in [2.75, 3.05) is 0 Å². The highest BCUT2D eigenvalue weighted by molar-refractivity contribution is 5.73. The van der Waals surface area contributed by atoms with Crippen LogP contribution in [-0.4, -0.2) is 22.3 Å². The molecule has 0 heterocycles. The molecule has 3 aliphatic rings. The van der Waals surface area contributed by atoms with E-state index in [9.17, 15) is 15.0 Å². The first-order chi connectivity index (χ1) is 14.4. The van der Waals surface area contributed by atoms with E-state index in [2.05, 4.69) is 13.8 Å². The molecule has 0 aromatic heterocycles. The fraction of sp³-hybridized carbons (Fsp3) is 0.731. The van der Waals surface area contributed by atoms with Gasteiger partial charge in [-0.05, 0) is 79.7 Å². The van der Waals surface area contributed by atoms with Crippen LogP contribution in [0, 0.1) is 17.3 Å². The lowest BCUT2D eigenvalue weighted by atomic mass is 9.55. The Morgan fingerprint density at radius 3 is 2.73 bits per heavy atom. The number of hydrogen-bond acceptors (Lipinski definition) is 4. The third-order valence-corrected chi connectivity index (χ3v) is 8.43. The second kappa shape index (κ2) is 8.90. The van der Waals surface area contributed by atoms with Crippen LogP contribution in [0.5, 0.6) is 11.5 Å². The molecule has 4 nitrogen and oxygen atoms in total. The van der Waals surface area contributed by atoms with Crippen molar-refractivity contribution in [3.63, 3.8) is 0 Å². The molecule has 1 aromatic carbocycles. The Hall–Kier alpha value is -1.55. The molecule has 0 amide bonds. The number of hydrogen-bond donors (Lipinski definition) is 2. The maximum atomic E-state index is 12.5. The fourth-order valence-corrected chi connectivity index (χ4v) is 6.77. The normalized spacial score (nSPS) is 32.2. The number of phenolic OH excluding ortho intramolecular Hbond substituents is 1. The van der Waals surface area contributed by atoms with E-state index in [1.165, 1.54) is 19.3 Å². The number of aryl methyl sites for hydroxylation is 1. The van der Waals surface area contributed by atoms with Crippen LogP contribution in [-0.2, 0) is 11.2 Å². The molecule has 166 valence electrons. The summed E-state index contributed by atoms with van der Waals surface area (Å²) in [5.41, 5.74) is 2.33. The first-order valence-electron chi connectivity index (χ1n) is 12.2. The molecular formula is C26H38O4. The Balaban J connectivity index is 1.52. The van der Waals surface area contributed by atoms with Crippen molar-refractivity contribution in [1.82, 2.24) is 0 Å². The van der Waals surface area contributed by atoms with Crippen LogP contribution in [0.1, 0.15) is 102 Å². The molecule has 2 fully saturated rings. The molecule has 0 unspecified atom stereocenters. The maximum Gasteiger partial charge on any atom is 0.311 e. The number of rotatable bonds is 7. The number of esters is 1. The first-order valence-corrected chi connectivity index (χ1v) is 12.2. The SMILES string of the molecule is CCCCCCCC(=O)Oc1cc(O)cc2c1[C@H]1CC[C@]3(C)[C@H](O)CC[C@H]3[C@@H]1CC2. The van der Waals surface area contributed by atoms with Gasteiger partial charge in [-0.15, -0.1) is 0 Å². The topological polar surface area (TPSA) is 66.8 Å². The number of carbonyl (C=O) groups is 1. The second-order valence-corrected chi connectivity index (χ2v) is 10.2. The summed E-state index contributed by atoms with van der Waals surface area (Å²) in [6.45, 7) is 4.46. The van der Waals surface area contributed by atoms with Gasteiger partial charge in [0.05, 0.1) is 6.10 Å². The molecule has 2 saturated carbocycles. The highest BCUT2D eigenvalue weighted by atomic mass is 16.5. The van der Waals surface area contributed by atoms with Crippen LogP contribution < -0.4 is 4.74 Å². The number of fused-ring (bicyclic) bond motifs is 5. The van der Waals surface area contributed by atoms with Crippen molar-refractivity contribution >= 4 is 5.97 Å². The molecule has 3 aliphatic carbocycles. The smallest absolute Gasteiger partial charge is 0.311 e. The minimum Gasteiger partial charge on any atom is -0.508 e. The van der Waals surface area contributed by atoms with Gasteiger partial charge in [0, 0.05) is 18.1 Å². The van der Waals surface area contributed by atoms with Gasteiger partial charge in [-0.1, -0.05) is 39.5 Å². The van der Waals surface area contributed by atoms with Gasteiger partial charge in [-0.25, -0.2) is 0 Å². The van der Waals surface area contributed by atoms with Crippen LogP contribution in [0.25, 0.3) is 0 Å². The van der Waals surface area contributed by atoms with E-state index < -0.39 is 0 Å². The molecule has 0 aliphatic heterocycles. The van der Waals surface area contributed by atoms with Crippen LogP contribution in [0.4, 0.5) is 0 Å². The number of aliphatic hydroxyl groups excluding tert-OH is 1. The molecule has 2 N–H and O–H groups in total. The van der Waals surface area contributed by atoms with Gasteiger partial charge < -0.3 is 14.9 Å². The summed E-state index contributed by atoms with van der Waals surface area (Å²) in [5.74, 6) is 2.03. The average Bonchev–Trinajstić information content (AvgIpc) is 3.02. The predicted octanol–water partition coefficient (Wildman–Crippen LogP) is 5.88. The monoisotopic (exact) mass is 414 g/mol. The van der Waals surface area contributed by atoms with Gasteiger partial charge in [0.25, 0.3) is 0 Å². The summed E-state index contributed by atoms with van der Waals surface area (Å²) >= 11 is 0. The number of carbonyl (C=O) groups excluding carboxylic acids is 1. The van der Waals surface area contributed by atoms with Crippen LogP contribution in [0.3, 0.4) is 0 Å². The zero-order chi connectivity index (χ0) is 21.3. The number of aliphatic hydroxyl groups is 1. The highest BCUT2D eigenvalue weighted by Crippen LogP contribution is 2.62. The Kier molecular flexibility index (Phi) is 6.43. The summed E-state index contributed by atoms with van der Waals surface area (Å²) in [5, 5.41) is 20.9. The molecule has 1 aromatic rings. The van der Waals surface area contributed by atoms with E-state index >= 15 is 0 Å². The fourth-order valence-electron chi connectivity index (χ4n) is 6.77. The van der Waals surface area contributed by atoms with Crippen molar-refractivity contribution in [3.8, 4) is 11.5 Å². The Bertz CT molecular complexity index is 773. The van der Waals surface area contributed by atoms with Gasteiger partial charge in [-0.3, -0.25) is 4.79 Å². The van der Waals surface area contributed by atoms with Crippen molar-refractivity contribution in [3.05, 3.63) is 23.3 Å². The first kappa shape index (κ1) is 21.7. The van der Waals surface area contributed by atoms with Crippen molar-refractivity contribution in [2.45, 2.75) is 103 Å². The van der Waals surface area contributed by atoms with E-state index in [0.717, 1.165) is 62.5 Å². The minimum atomic E-state index is -0.185. The lowest BCUT2D eigenvalue weighted by Gasteiger charge is -2.50. The number of phenols is 1. The van der Waals surface area contributed by atoms with Crippen molar-refractivity contribution in [1.29, 1.82) is 0 Å². The Labute approximate surface area is 181 Å². The predicted molar refractivity (Wildman–Crippen MR) is 118 cm³/mol. The van der Waals surface area contributed by atoms with Crippen molar-refractivity contribution in [2.24, 2.45) is 17.3 Å². The van der Waals surface area contributed by atoms with E-state index in [0.29, 0.717) is 29.9 Å². The number of ether oxygens (including phenoxy) is 1. The zero-order valence-electron chi connectivity index (χ0n) is 18.7. The molecule has 4 heteroatoms. The van der Waals surface area contributed by atoms with Crippen LogP contribution in [0.2, 0.25) is 0 Å². The van der Waals surface area contributed by atoms with Crippen LogP contribution >= 0.6 is 0 Å². The summed E-state index contributed by atoms with van der Waals surface area (Å²) < 4.78 is 5.86. The molecule has 30 heavy (non-hydrogen) atoms. The van der Waals surface area contributed by atoms with Gasteiger partial charge in [-0.2, -0.15) is 0 Å². The maximum absolute atomic E-state index is 12.5. The second-order valence-electron chi connectivity index (χ2n) is 10.2. The highest BCUT2D eigenvalue weighted by Gasteiger charge is 2.54. The van der Waals surface area contributed by atoms with Gasteiger partial charge in [0.1, 0.15) is 11.5 Å².